The summed E-state index contributed by atoms with van der Waals surface area (Å²) < 4.78 is 40.6. The lowest BCUT2D eigenvalue weighted by Gasteiger charge is -2.35. The molecular weight excluding hydrogens is 383 g/mol. The maximum Gasteiger partial charge on any atom is 0.573 e. The third-order valence-electron chi connectivity index (χ3n) is 4.83. The van der Waals surface area contributed by atoms with E-state index in [4.69, 9.17) is 0 Å². The summed E-state index contributed by atoms with van der Waals surface area (Å²) in [7, 11) is 3.87. The van der Waals surface area contributed by atoms with Gasteiger partial charge >= 0.3 is 6.36 Å². The number of amides is 1. The van der Waals surface area contributed by atoms with E-state index in [1.807, 2.05) is 48.2 Å². The largest absolute Gasteiger partial charge is 0.573 e. The summed E-state index contributed by atoms with van der Waals surface area (Å²) in [4.78, 5) is 18.8. The van der Waals surface area contributed by atoms with Crippen LogP contribution in [0.4, 0.5) is 18.9 Å². The average Bonchev–Trinajstić information content (AvgIpc) is 2.68. The molecule has 8 heteroatoms. The Kier molecular flexibility index (Phi) is 6.32. The van der Waals surface area contributed by atoms with Gasteiger partial charge in [0, 0.05) is 58.1 Å². The lowest BCUT2D eigenvalue weighted by molar-refractivity contribution is -0.274. The van der Waals surface area contributed by atoms with E-state index in [2.05, 4.69) is 9.64 Å². The fraction of sp³-hybridized carbons (Fsp3) is 0.381. The summed E-state index contributed by atoms with van der Waals surface area (Å²) in [5.74, 6) is -0.210. The van der Waals surface area contributed by atoms with Crippen molar-refractivity contribution in [3.63, 3.8) is 0 Å². The van der Waals surface area contributed by atoms with Gasteiger partial charge in [0.05, 0.1) is 0 Å². The molecule has 1 heterocycles. The zero-order valence-corrected chi connectivity index (χ0v) is 16.4. The molecule has 0 aliphatic carbocycles. The second-order valence-electron chi connectivity index (χ2n) is 7.20. The number of ether oxygens (including phenoxy) is 1. The molecule has 0 atom stereocenters. The molecule has 3 rings (SSSR count). The molecule has 29 heavy (non-hydrogen) atoms. The van der Waals surface area contributed by atoms with Gasteiger partial charge in [-0.15, -0.1) is 13.2 Å². The minimum Gasteiger partial charge on any atom is -0.406 e. The number of hydrogen-bond acceptors (Lipinski definition) is 4. The van der Waals surface area contributed by atoms with Gasteiger partial charge < -0.3 is 14.5 Å². The van der Waals surface area contributed by atoms with Gasteiger partial charge in [0.25, 0.3) is 5.91 Å². The molecular formula is C21H24F3N3O2. The lowest BCUT2D eigenvalue weighted by Crippen LogP contribution is -2.48. The summed E-state index contributed by atoms with van der Waals surface area (Å²) in [5, 5.41) is 0. The van der Waals surface area contributed by atoms with Crippen LogP contribution in [0.3, 0.4) is 0 Å². The first-order chi connectivity index (χ1) is 13.7. The molecule has 2 aromatic rings. The van der Waals surface area contributed by atoms with Crippen molar-refractivity contribution in [2.75, 3.05) is 45.2 Å². The highest BCUT2D eigenvalue weighted by molar-refractivity contribution is 5.95. The van der Waals surface area contributed by atoms with Crippen LogP contribution < -0.4 is 9.64 Å². The topological polar surface area (TPSA) is 36.0 Å². The third kappa shape index (κ3) is 5.87. The molecule has 1 aliphatic rings. The molecule has 1 fully saturated rings. The van der Waals surface area contributed by atoms with Crippen molar-refractivity contribution in [2.45, 2.75) is 12.9 Å². The maximum absolute atomic E-state index is 12.8. The maximum atomic E-state index is 12.8. The van der Waals surface area contributed by atoms with Gasteiger partial charge in [-0.1, -0.05) is 18.2 Å². The quantitative estimate of drug-likeness (QED) is 0.759. The molecule has 1 amide bonds. The number of piperazine rings is 1. The molecule has 1 aliphatic heterocycles. The highest BCUT2D eigenvalue weighted by Crippen LogP contribution is 2.23. The van der Waals surface area contributed by atoms with E-state index in [1.165, 1.54) is 12.1 Å². The minimum absolute atomic E-state index is 0.0157. The van der Waals surface area contributed by atoms with Crippen molar-refractivity contribution in [1.82, 2.24) is 9.80 Å². The predicted octanol–water partition coefficient (Wildman–Crippen LogP) is 3.61. The van der Waals surface area contributed by atoms with E-state index < -0.39 is 6.36 Å². The Morgan fingerprint density at radius 1 is 1.03 bits per heavy atom. The number of anilines is 1. The Balaban J connectivity index is 1.53. The van der Waals surface area contributed by atoms with Crippen molar-refractivity contribution >= 4 is 11.6 Å². The normalized spacial score (nSPS) is 15.3. The predicted molar refractivity (Wildman–Crippen MR) is 105 cm³/mol. The fourth-order valence-corrected chi connectivity index (χ4v) is 3.26. The van der Waals surface area contributed by atoms with Crippen LogP contribution in [-0.4, -0.2) is 62.3 Å². The second kappa shape index (κ2) is 8.73. The summed E-state index contributed by atoms with van der Waals surface area (Å²) >= 11 is 0. The van der Waals surface area contributed by atoms with Gasteiger partial charge in [0.2, 0.25) is 0 Å². The molecule has 5 nitrogen and oxygen atoms in total. The van der Waals surface area contributed by atoms with E-state index >= 15 is 0 Å². The molecule has 0 unspecified atom stereocenters. The SMILES string of the molecule is CN(C)c1cccc(C(=O)N2CCN(Cc3ccc(OC(F)(F)F)cc3)CC2)c1. The van der Waals surface area contributed by atoms with Crippen LogP contribution in [0.2, 0.25) is 0 Å². The monoisotopic (exact) mass is 407 g/mol. The first kappa shape index (κ1) is 21.0. The Hall–Kier alpha value is -2.74. The van der Waals surface area contributed by atoms with Gasteiger partial charge in [-0.25, -0.2) is 0 Å². The minimum atomic E-state index is -4.68. The van der Waals surface area contributed by atoms with Crippen LogP contribution in [-0.2, 0) is 6.54 Å². The number of rotatable bonds is 5. The van der Waals surface area contributed by atoms with E-state index in [9.17, 15) is 18.0 Å². The zero-order chi connectivity index (χ0) is 21.0. The standard InChI is InChI=1S/C21H24F3N3O2/c1-25(2)18-5-3-4-17(14-18)20(28)27-12-10-26(11-13-27)15-16-6-8-19(9-7-16)29-21(22,23)24/h3-9,14H,10-13,15H2,1-2H3. The fourth-order valence-electron chi connectivity index (χ4n) is 3.26. The number of carbonyl (C=O) groups excluding carboxylic acids is 1. The van der Waals surface area contributed by atoms with Gasteiger partial charge in [-0.3, -0.25) is 9.69 Å². The smallest absolute Gasteiger partial charge is 0.406 e. The molecule has 2 aromatic carbocycles. The summed E-state index contributed by atoms with van der Waals surface area (Å²) in [6.45, 7) is 3.25. The highest BCUT2D eigenvalue weighted by Gasteiger charge is 2.31. The van der Waals surface area contributed by atoms with Crippen molar-refractivity contribution in [2.24, 2.45) is 0 Å². The second-order valence-corrected chi connectivity index (χ2v) is 7.20. The van der Waals surface area contributed by atoms with E-state index in [0.717, 1.165) is 11.3 Å². The molecule has 0 aromatic heterocycles. The molecule has 0 radical (unpaired) electrons. The van der Waals surface area contributed by atoms with Crippen molar-refractivity contribution in [3.8, 4) is 5.75 Å². The van der Waals surface area contributed by atoms with Crippen LogP contribution in [0.5, 0.6) is 5.75 Å². The lowest BCUT2D eigenvalue weighted by atomic mass is 10.1. The zero-order valence-electron chi connectivity index (χ0n) is 16.4. The Morgan fingerprint density at radius 3 is 2.28 bits per heavy atom. The summed E-state index contributed by atoms with van der Waals surface area (Å²) in [5.41, 5.74) is 2.55. The van der Waals surface area contributed by atoms with E-state index in [1.54, 1.807) is 12.1 Å². The average molecular weight is 407 g/mol. The number of hydrogen-bond donors (Lipinski definition) is 0. The first-order valence-electron chi connectivity index (χ1n) is 9.35. The molecule has 1 saturated heterocycles. The molecule has 0 N–H and O–H groups in total. The van der Waals surface area contributed by atoms with Crippen LogP contribution >= 0.6 is 0 Å². The highest BCUT2D eigenvalue weighted by atomic mass is 19.4. The van der Waals surface area contributed by atoms with Crippen LogP contribution in [0, 0.1) is 0 Å². The van der Waals surface area contributed by atoms with Crippen LogP contribution in [0.25, 0.3) is 0 Å². The third-order valence-corrected chi connectivity index (χ3v) is 4.83. The van der Waals surface area contributed by atoms with E-state index in [-0.39, 0.29) is 11.7 Å². The van der Waals surface area contributed by atoms with Gasteiger partial charge in [-0.05, 0) is 35.9 Å². The molecule has 0 bridgehead atoms. The molecule has 156 valence electrons. The number of carbonyl (C=O) groups is 1. The number of benzene rings is 2. The van der Waals surface area contributed by atoms with Gasteiger partial charge in [-0.2, -0.15) is 0 Å². The number of halogens is 3. The Labute approximate surface area is 168 Å². The Morgan fingerprint density at radius 2 is 1.69 bits per heavy atom. The van der Waals surface area contributed by atoms with Gasteiger partial charge in [0.15, 0.2) is 0 Å². The van der Waals surface area contributed by atoms with E-state index in [0.29, 0.717) is 38.3 Å². The van der Waals surface area contributed by atoms with Crippen molar-refractivity contribution < 1.29 is 22.7 Å². The summed E-state index contributed by atoms with van der Waals surface area (Å²) in [6, 6.07) is 13.5. The molecule has 0 saturated carbocycles. The van der Waals surface area contributed by atoms with Crippen LogP contribution in [0.1, 0.15) is 15.9 Å². The summed E-state index contributed by atoms with van der Waals surface area (Å²) in [6.07, 6.45) is -4.68. The van der Waals surface area contributed by atoms with Crippen LogP contribution in [0.15, 0.2) is 48.5 Å². The number of alkyl halides is 3. The first-order valence-corrected chi connectivity index (χ1v) is 9.35. The number of nitrogens with zero attached hydrogens (tertiary/aromatic N) is 3. The van der Waals surface area contributed by atoms with Crippen molar-refractivity contribution in [3.05, 3.63) is 59.7 Å². The Bertz CT molecular complexity index is 830. The molecule has 0 spiro atoms. The van der Waals surface area contributed by atoms with Crippen molar-refractivity contribution in [1.29, 1.82) is 0 Å². The van der Waals surface area contributed by atoms with Gasteiger partial charge in [0.1, 0.15) is 5.75 Å².